The second kappa shape index (κ2) is 8.99. The van der Waals surface area contributed by atoms with E-state index in [4.69, 9.17) is 23.2 Å². The standard InChI is InChI=1S/C17H26Cl2N2/c1-2-20(12-13-21-9-4-3-5-10-21)11-8-15-6-7-16(18)17(19)14-15/h6-7,14H,2-5,8-13H2,1H3. The summed E-state index contributed by atoms with van der Waals surface area (Å²) in [6.07, 6.45) is 5.18. The maximum atomic E-state index is 6.07. The molecule has 1 aromatic carbocycles. The Morgan fingerprint density at radius 3 is 2.48 bits per heavy atom. The van der Waals surface area contributed by atoms with Crippen LogP contribution in [0.3, 0.4) is 0 Å². The van der Waals surface area contributed by atoms with E-state index in [-0.39, 0.29) is 0 Å². The van der Waals surface area contributed by atoms with Gasteiger partial charge in [0.1, 0.15) is 0 Å². The summed E-state index contributed by atoms with van der Waals surface area (Å²) in [6, 6.07) is 5.96. The van der Waals surface area contributed by atoms with Crippen molar-refractivity contribution in [3.05, 3.63) is 33.8 Å². The van der Waals surface area contributed by atoms with Gasteiger partial charge in [0.25, 0.3) is 0 Å². The molecule has 1 aliphatic rings. The first-order chi connectivity index (χ1) is 10.2. The Balaban J connectivity index is 1.74. The molecule has 0 radical (unpaired) electrons. The molecule has 1 aromatic rings. The van der Waals surface area contributed by atoms with Crippen LogP contribution >= 0.6 is 23.2 Å². The Kier molecular flexibility index (Phi) is 7.31. The van der Waals surface area contributed by atoms with Crippen molar-refractivity contribution in [2.24, 2.45) is 0 Å². The molecule has 0 aliphatic carbocycles. The molecule has 0 atom stereocenters. The van der Waals surface area contributed by atoms with Crippen molar-refractivity contribution in [1.82, 2.24) is 9.80 Å². The van der Waals surface area contributed by atoms with Gasteiger partial charge in [-0.25, -0.2) is 0 Å². The maximum absolute atomic E-state index is 6.07. The third-order valence-electron chi connectivity index (χ3n) is 4.33. The van der Waals surface area contributed by atoms with Crippen molar-refractivity contribution in [1.29, 1.82) is 0 Å². The van der Waals surface area contributed by atoms with E-state index in [2.05, 4.69) is 22.8 Å². The highest BCUT2D eigenvalue weighted by molar-refractivity contribution is 6.42. The summed E-state index contributed by atoms with van der Waals surface area (Å²) in [5, 5.41) is 1.29. The third kappa shape index (κ3) is 5.78. The summed E-state index contributed by atoms with van der Waals surface area (Å²) in [5.74, 6) is 0. The van der Waals surface area contributed by atoms with E-state index < -0.39 is 0 Å². The zero-order chi connectivity index (χ0) is 15.1. The average Bonchev–Trinajstić information content (AvgIpc) is 2.52. The smallest absolute Gasteiger partial charge is 0.0595 e. The molecule has 118 valence electrons. The Hall–Kier alpha value is -0.280. The number of benzene rings is 1. The van der Waals surface area contributed by atoms with Gasteiger partial charge >= 0.3 is 0 Å². The molecule has 0 N–H and O–H groups in total. The number of hydrogen-bond acceptors (Lipinski definition) is 2. The number of nitrogens with zero attached hydrogens (tertiary/aromatic N) is 2. The van der Waals surface area contributed by atoms with Gasteiger partial charge in [0.05, 0.1) is 10.0 Å². The van der Waals surface area contributed by atoms with Crippen molar-refractivity contribution in [3.63, 3.8) is 0 Å². The minimum atomic E-state index is 0.637. The van der Waals surface area contributed by atoms with Gasteiger partial charge in [-0.15, -0.1) is 0 Å². The van der Waals surface area contributed by atoms with Crippen LogP contribution in [0.5, 0.6) is 0 Å². The van der Waals surface area contributed by atoms with Crippen molar-refractivity contribution in [3.8, 4) is 0 Å². The number of halogens is 2. The number of hydrogen-bond donors (Lipinski definition) is 0. The molecule has 1 fully saturated rings. The van der Waals surface area contributed by atoms with Crippen LogP contribution in [0.2, 0.25) is 10.0 Å². The molecule has 0 aromatic heterocycles. The van der Waals surface area contributed by atoms with Crippen molar-refractivity contribution in [2.45, 2.75) is 32.6 Å². The summed E-state index contributed by atoms with van der Waals surface area (Å²) < 4.78 is 0. The fraction of sp³-hybridized carbons (Fsp3) is 0.647. The third-order valence-corrected chi connectivity index (χ3v) is 5.07. The summed E-state index contributed by atoms with van der Waals surface area (Å²) >= 11 is 12.0. The first-order valence-corrected chi connectivity index (χ1v) is 8.83. The molecule has 21 heavy (non-hydrogen) atoms. The van der Waals surface area contributed by atoms with Crippen LogP contribution < -0.4 is 0 Å². The van der Waals surface area contributed by atoms with E-state index in [1.807, 2.05) is 12.1 Å². The van der Waals surface area contributed by atoms with E-state index in [0.717, 1.165) is 26.1 Å². The van der Waals surface area contributed by atoms with Crippen molar-refractivity contribution < 1.29 is 0 Å². The lowest BCUT2D eigenvalue weighted by molar-refractivity contribution is 0.186. The highest BCUT2D eigenvalue weighted by Gasteiger charge is 2.11. The Bertz CT molecular complexity index is 431. The quantitative estimate of drug-likeness (QED) is 0.734. The predicted octanol–water partition coefficient (Wildman–Crippen LogP) is 4.34. The summed E-state index contributed by atoms with van der Waals surface area (Å²) in [4.78, 5) is 5.13. The number of rotatable bonds is 7. The molecule has 0 saturated carbocycles. The van der Waals surface area contributed by atoms with Gasteiger partial charge in [-0.2, -0.15) is 0 Å². The lowest BCUT2D eigenvalue weighted by Gasteiger charge is -2.29. The second-order valence-electron chi connectivity index (χ2n) is 5.84. The summed E-state index contributed by atoms with van der Waals surface area (Å²) in [7, 11) is 0. The Morgan fingerprint density at radius 2 is 1.81 bits per heavy atom. The molecule has 2 nitrogen and oxygen atoms in total. The monoisotopic (exact) mass is 328 g/mol. The molecule has 0 spiro atoms. The Morgan fingerprint density at radius 1 is 1.05 bits per heavy atom. The van der Waals surface area contributed by atoms with E-state index in [1.54, 1.807) is 0 Å². The molecule has 0 unspecified atom stereocenters. The van der Waals surface area contributed by atoms with Crippen LogP contribution in [0.4, 0.5) is 0 Å². The number of piperidine rings is 1. The number of likely N-dealkylation sites (tertiary alicyclic amines) is 1. The average molecular weight is 329 g/mol. The molecule has 1 heterocycles. The highest BCUT2D eigenvalue weighted by Crippen LogP contribution is 2.22. The van der Waals surface area contributed by atoms with E-state index in [9.17, 15) is 0 Å². The topological polar surface area (TPSA) is 6.48 Å². The van der Waals surface area contributed by atoms with Crippen LogP contribution in [0.15, 0.2) is 18.2 Å². The summed E-state index contributed by atoms with van der Waals surface area (Å²) in [5.41, 5.74) is 1.26. The van der Waals surface area contributed by atoms with Crippen LogP contribution in [-0.2, 0) is 6.42 Å². The van der Waals surface area contributed by atoms with Gasteiger partial charge < -0.3 is 9.80 Å². The molecule has 1 aliphatic heterocycles. The lowest BCUT2D eigenvalue weighted by atomic mass is 10.1. The fourth-order valence-electron chi connectivity index (χ4n) is 2.88. The lowest BCUT2D eigenvalue weighted by Crippen LogP contribution is -2.38. The highest BCUT2D eigenvalue weighted by atomic mass is 35.5. The second-order valence-corrected chi connectivity index (χ2v) is 6.65. The van der Waals surface area contributed by atoms with E-state index in [1.165, 1.54) is 44.5 Å². The predicted molar refractivity (Wildman–Crippen MR) is 92.6 cm³/mol. The van der Waals surface area contributed by atoms with Crippen LogP contribution in [0, 0.1) is 0 Å². The van der Waals surface area contributed by atoms with Crippen molar-refractivity contribution >= 4 is 23.2 Å². The zero-order valence-corrected chi connectivity index (χ0v) is 14.5. The fourth-order valence-corrected chi connectivity index (χ4v) is 3.20. The molecular formula is C17H26Cl2N2. The van der Waals surface area contributed by atoms with Gasteiger partial charge in [0.2, 0.25) is 0 Å². The normalized spacial score (nSPS) is 16.6. The van der Waals surface area contributed by atoms with Gasteiger partial charge in [-0.05, 0) is 56.6 Å². The summed E-state index contributed by atoms with van der Waals surface area (Å²) in [6.45, 7) is 9.37. The SMILES string of the molecule is CCN(CCc1ccc(Cl)c(Cl)c1)CCN1CCCCC1. The van der Waals surface area contributed by atoms with Crippen LogP contribution in [0.25, 0.3) is 0 Å². The minimum Gasteiger partial charge on any atom is -0.302 e. The zero-order valence-electron chi connectivity index (χ0n) is 13.0. The van der Waals surface area contributed by atoms with Crippen LogP contribution in [-0.4, -0.2) is 49.1 Å². The largest absolute Gasteiger partial charge is 0.302 e. The van der Waals surface area contributed by atoms with Crippen molar-refractivity contribution in [2.75, 3.05) is 39.3 Å². The Labute approximate surface area is 139 Å². The molecule has 4 heteroatoms. The molecule has 0 bridgehead atoms. The maximum Gasteiger partial charge on any atom is 0.0595 e. The first kappa shape index (κ1) is 17.1. The molecule has 2 rings (SSSR count). The van der Waals surface area contributed by atoms with Gasteiger partial charge in [0.15, 0.2) is 0 Å². The van der Waals surface area contributed by atoms with Crippen LogP contribution in [0.1, 0.15) is 31.7 Å². The number of likely N-dealkylation sites (N-methyl/N-ethyl adjacent to an activating group) is 1. The molecule has 0 amide bonds. The first-order valence-electron chi connectivity index (χ1n) is 8.07. The molecule has 1 saturated heterocycles. The van der Waals surface area contributed by atoms with Gasteiger partial charge in [0, 0.05) is 19.6 Å². The molecular weight excluding hydrogens is 303 g/mol. The van der Waals surface area contributed by atoms with Gasteiger partial charge in [-0.1, -0.05) is 42.6 Å². The van der Waals surface area contributed by atoms with Gasteiger partial charge in [-0.3, -0.25) is 0 Å². The van der Waals surface area contributed by atoms with E-state index in [0.29, 0.717) is 10.0 Å². The minimum absolute atomic E-state index is 0.637. The van der Waals surface area contributed by atoms with E-state index >= 15 is 0 Å².